The summed E-state index contributed by atoms with van der Waals surface area (Å²) < 4.78 is 5.22. The molecule has 1 aliphatic carbocycles. The maximum absolute atomic E-state index is 6.64. The van der Waals surface area contributed by atoms with Crippen LogP contribution in [0.2, 0.25) is 5.02 Å². The fourth-order valence-corrected chi connectivity index (χ4v) is 4.03. The van der Waals surface area contributed by atoms with E-state index >= 15 is 0 Å². The van der Waals surface area contributed by atoms with Gasteiger partial charge in [0.25, 0.3) is 0 Å². The smallest absolute Gasteiger partial charge is 0.137 e. The van der Waals surface area contributed by atoms with Crippen molar-refractivity contribution >= 4 is 11.6 Å². The molecule has 1 aliphatic rings. The molecule has 3 heteroatoms. The zero-order valence-corrected chi connectivity index (χ0v) is 13.5. The Bertz CT molecular complexity index is 452. The highest BCUT2D eigenvalue weighted by molar-refractivity contribution is 6.32. The maximum atomic E-state index is 6.64. The Morgan fingerprint density at radius 3 is 2.45 bits per heavy atom. The van der Waals surface area contributed by atoms with Crippen LogP contribution in [0.1, 0.15) is 57.6 Å². The van der Waals surface area contributed by atoms with Gasteiger partial charge in [0.15, 0.2) is 0 Å². The van der Waals surface area contributed by atoms with E-state index < -0.39 is 0 Å². The monoisotopic (exact) mass is 295 g/mol. The summed E-state index contributed by atoms with van der Waals surface area (Å²) >= 11 is 6.25. The molecule has 2 nitrogen and oxygen atoms in total. The van der Waals surface area contributed by atoms with Gasteiger partial charge in [-0.25, -0.2) is 0 Å². The van der Waals surface area contributed by atoms with Gasteiger partial charge in [0.1, 0.15) is 5.75 Å². The third-order valence-electron chi connectivity index (χ3n) is 4.61. The summed E-state index contributed by atoms with van der Waals surface area (Å²) in [5, 5.41) is 0.651. The topological polar surface area (TPSA) is 35.2 Å². The van der Waals surface area contributed by atoms with Gasteiger partial charge in [-0.1, -0.05) is 44.4 Å². The zero-order valence-electron chi connectivity index (χ0n) is 12.8. The Labute approximate surface area is 127 Å². The molecule has 0 aromatic heterocycles. The fourth-order valence-electron chi connectivity index (χ4n) is 3.76. The van der Waals surface area contributed by atoms with Crippen LogP contribution in [0.5, 0.6) is 5.75 Å². The van der Waals surface area contributed by atoms with Gasteiger partial charge >= 0.3 is 0 Å². The van der Waals surface area contributed by atoms with E-state index in [2.05, 4.69) is 19.9 Å². The lowest BCUT2D eigenvalue weighted by Gasteiger charge is -2.37. The Balaban J connectivity index is 2.27. The maximum Gasteiger partial charge on any atom is 0.137 e. The van der Waals surface area contributed by atoms with Crippen molar-refractivity contribution in [2.45, 2.75) is 52.0 Å². The van der Waals surface area contributed by atoms with Crippen molar-refractivity contribution in [2.75, 3.05) is 7.11 Å². The normalized spacial score (nSPS) is 19.3. The first-order chi connectivity index (χ1) is 9.48. The van der Waals surface area contributed by atoms with E-state index in [0.29, 0.717) is 16.7 Å². The summed E-state index contributed by atoms with van der Waals surface area (Å²) in [6.07, 6.45) is 6.25. The second-order valence-corrected chi connectivity index (χ2v) is 6.95. The van der Waals surface area contributed by atoms with E-state index in [1.165, 1.54) is 32.1 Å². The van der Waals surface area contributed by atoms with E-state index in [4.69, 9.17) is 22.1 Å². The molecule has 0 radical (unpaired) electrons. The van der Waals surface area contributed by atoms with Gasteiger partial charge in [-0.3, -0.25) is 0 Å². The number of ether oxygens (including phenoxy) is 1. The molecule has 112 valence electrons. The number of hydrogen-bond donors (Lipinski definition) is 1. The Morgan fingerprint density at radius 2 is 1.95 bits per heavy atom. The molecule has 1 aromatic rings. The van der Waals surface area contributed by atoms with Crippen LogP contribution in [0.15, 0.2) is 18.2 Å². The first-order valence-electron chi connectivity index (χ1n) is 7.57. The van der Waals surface area contributed by atoms with E-state index in [1.807, 2.05) is 12.1 Å². The average Bonchev–Trinajstić information content (AvgIpc) is 2.86. The molecular formula is C17H26ClNO. The van der Waals surface area contributed by atoms with Crippen molar-refractivity contribution in [3.05, 3.63) is 28.8 Å². The van der Waals surface area contributed by atoms with Gasteiger partial charge < -0.3 is 10.5 Å². The second-order valence-electron chi connectivity index (χ2n) is 6.54. The van der Waals surface area contributed by atoms with Gasteiger partial charge in [0.05, 0.1) is 12.1 Å². The predicted molar refractivity (Wildman–Crippen MR) is 85.3 cm³/mol. The molecule has 0 saturated heterocycles. The van der Waals surface area contributed by atoms with Crippen LogP contribution in [-0.2, 0) is 0 Å². The zero-order chi connectivity index (χ0) is 14.8. The molecule has 0 aliphatic heterocycles. The SMILES string of the molecule is COc1ccc(C(N)C2(CC(C)C)CCCC2)cc1Cl. The highest BCUT2D eigenvalue weighted by Crippen LogP contribution is 2.51. The standard InChI is InChI=1S/C17H26ClNO/c1-12(2)11-17(8-4-5-9-17)16(19)13-6-7-15(20-3)14(18)10-13/h6-7,10,12,16H,4-5,8-9,11,19H2,1-3H3. The lowest BCUT2D eigenvalue weighted by atomic mass is 9.71. The summed E-state index contributed by atoms with van der Waals surface area (Å²) in [5.74, 6) is 1.39. The molecule has 1 atom stereocenters. The molecule has 1 saturated carbocycles. The molecule has 0 bridgehead atoms. The molecule has 0 amide bonds. The van der Waals surface area contributed by atoms with Gasteiger partial charge in [-0.05, 0) is 48.3 Å². The number of benzene rings is 1. The first-order valence-corrected chi connectivity index (χ1v) is 7.95. The van der Waals surface area contributed by atoms with E-state index in [1.54, 1.807) is 7.11 Å². The fraction of sp³-hybridized carbons (Fsp3) is 0.647. The van der Waals surface area contributed by atoms with Crippen LogP contribution in [0.4, 0.5) is 0 Å². The number of nitrogens with two attached hydrogens (primary N) is 1. The number of rotatable bonds is 5. The molecule has 20 heavy (non-hydrogen) atoms. The highest BCUT2D eigenvalue weighted by atomic mass is 35.5. The molecule has 1 aromatic carbocycles. The molecule has 0 heterocycles. The minimum absolute atomic E-state index is 0.0656. The Morgan fingerprint density at radius 1 is 1.30 bits per heavy atom. The number of hydrogen-bond acceptors (Lipinski definition) is 2. The van der Waals surface area contributed by atoms with Gasteiger partial charge in [0.2, 0.25) is 0 Å². The van der Waals surface area contributed by atoms with Crippen LogP contribution in [0.3, 0.4) is 0 Å². The van der Waals surface area contributed by atoms with Crippen LogP contribution >= 0.6 is 11.6 Å². The average molecular weight is 296 g/mol. The van der Waals surface area contributed by atoms with Crippen LogP contribution in [0.25, 0.3) is 0 Å². The van der Waals surface area contributed by atoms with Crippen molar-refractivity contribution in [3.8, 4) is 5.75 Å². The Kier molecular flexibility index (Phi) is 4.98. The van der Waals surface area contributed by atoms with Crippen molar-refractivity contribution < 1.29 is 4.74 Å². The summed E-state index contributed by atoms with van der Waals surface area (Å²) in [4.78, 5) is 0. The third kappa shape index (κ3) is 3.12. The lowest BCUT2D eigenvalue weighted by Crippen LogP contribution is -2.33. The lowest BCUT2D eigenvalue weighted by molar-refractivity contribution is 0.183. The van der Waals surface area contributed by atoms with Gasteiger partial charge in [-0.15, -0.1) is 0 Å². The first kappa shape index (κ1) is 15.7. The van der Waals surface area contributed by atoms with Crippen molar-refractivity contribution in [1.29, 1.82) is 0 Å². The second kappa shape index (κ2) is 6.36. The molecule has 0 spiro atoms. The minimum Gasteiger partial charge on any atom is -0.495 e. The largest absolute Gasteiger partial charge is 0.495 e. The van der Waals surface area contributed by atoms with Gasteiger partial charge in [0, 0.05) is 6.04 Å². The summed E-state index contributed by atoms with van der Waals surface area (Å²) in [5.41, 5.74) is 8.02. The van der Waals surface area contributed by atoms with Gasteiger partial charge in [-0.2, -0.15) is 0 Å². The molecule has 1 unspecified atom stereocenters. The highest BCUT2D eigenvalue weighted by Gasteiger charge is 2.40. The molecular weight excluding hydrogens is 270 g/mol. The minimum atomic E-state index is 0.0656. The third-order valence-corrected chi connectivity index (χ3v) is 4.90. The van der Waals surface area contributed by atoms with Crippen molar-refractivity contribution in [2.24, 2.45) is 17.1 Å². The quantitative estimate of drug-likeness (QED) is 0.833. The summed E-state index contributed by atoms with van der Waals surface area (Å²) in [6, 6.07) is 6.03. The van der Waals surface area contributed by atoms with Crippen molar-refractivity contribution in [1.82, 2.24) is 0 Å². The summed E-state index contributed by atoms with van der Waals surface area (Å²) in [7, 11) is 1.64. The van der Waals surface area contributed by atoms with E-state index in [-0.39, 0.29) is 11.5 Å². The molecule has 2 N–H and O–H groups in total. The number of methoxy groups -OCH3 is 1. The van der Waals surface area contributed by atoms with Crippen LogP contribution in [0, 0.1) is 11.3 Å². The van der Waals surface area contributed by atoms with Crippen molar-refractivity contribution in [3.63, 3.8) is 0 Å². The van der Waals surface area contributed by atoms with E-state index in [9.17, 15) is 0 Å². The van der Waals surface area contributed by atoms with E-state index in [0.717, 1.165) is 5.56 Å². The Hall–Kier alpha value is -0.730. The van der Waals surface area contributed by atoms with Crippen LogP contribution < -0.4 is 10.5 Å². The molecule has 1 fully saturated rings. The summed E-state index contributed by atoms with van der Waals surface area (Å²) in [6.45, 7) is 4.57. The number of halogens is 1. The van der Waals surface area contributed by atoms with Crippen LogP contribution in [-0.4, -0.2) is 7.11 Å². The predicted octanol–water partition coefficient (Wildman–Crippen LogP) is 4.95. The molecule has 2 rings (SSSR count).